The molecule has 26 heavy (non-hydrogen) atoms. The highest BCUT2D eigenvalue weighted by atomic mass is 32.1. The molecule has 0 unspecified atom stereocenters. The van der Waals surface area contributed by atoms with E-state index in [2.05, 4.69) is 21.2 Å². The van der Waals surface area contributed by atoms with Gasteiger partial charge in [-0.25, -0.2) is 4.98 Å². The Morgan fingerprint density at radius 3 is 2.38 bits per heavy atom. The maximum atomic E-state index is 12.0. The molecule has 0 aliphatic rings. The van der Waals surface area contributed by atoms with Crippen LogP contribution in [0.3, 0.4) is 0 Å². The Morgan fingerprint density at radius 1 is 1.12 bits per heavy atom. The molecule has 0 aliphatic heterocycles. The highest BCUT2D eigenvalue weighted by Crippen LogP contribution is 2.15. The lowest BCUT2D eigenvalue weighted by Crippen LogP contribution is -2.49. The normalized spacial score (nSPS) is 10.3. The number of rotatable bonds is 5. The lowest BCUT2D eigenvalue weighted by atomic mass is 10.2. The minimum atomic E-state index is -0.939. The number of nitrogens with one attached hydrogen (secondary N) is 3. The standard InChI is InChI=1S/C17H20N4O4S/c1-10(2)18-16(23)17(24)21-20-15(22)12-4-6-14(7-5-12)25-8-13-9-26-11(3)19-13/h4-7,9-10H,8H2,1-3H3,(H,18,23)(H,20,22)(H,21,24). The van der Waals surface area contributed by atoms with Gasteiger partial charge in [-0.1, -0.05) is 0 Å². The topological polar surface area (TPSA) is 109 Å². The van der Waals surface area contributed by atoms with Gasteiger partial charge in [0.15, 0.2) is 0 Å². The number of thiazole rings is 1. The summed E-state index contributed by atoms with van der Waals surface area (Å²) in [5, 5.41) is 5.32. The Morgan fingerprint density at radius 2 is 1.81 bits per heavy atom. The third-order valence-corrected chi connectivity index (χ3v) is 3.91. The predicted octanol–water partition coefficient (Wildman–Crippen LogP) is 1.32. The lowest BCUT2D eigenvalue weighted by molar-refractivity contribution is -0.139. The van der Waals surface area contributed by atoms with Gasteiger partial charge in [-0.05, 0) is 45.0 Å². The number of aromatic nitrogens is 1. The first-order valence-corrected chi connectivity index (χ1v) is 8.78. The highest BCUT2D eigenvalue weighted by Gasteiger charge is 2.15. The van der Waals surface area contributed by atoms with Crippen molar-refractivity contribution in [1.29, 1.82) is 0 Å². The van der Waals surface area contributed by atoms with Gasteiger partial charge in [-0.15, -0.1) is 11.3 Å². The molecule has 0 spiro atoms. The highest BCUT2D eigenvalue weighted by molar-refractivity contribution is 7.09. The van der Waals surface area contributed by atoms with Gasteiger partial charge in [-0.2, -0.15) is 0 Å². The van der Waals surface area contributed by atoms with Crippen LogP contribution < -0.4 is 20.9 Å². The van der Waals surface area contributed by atoms with E-state index in [0.717, 1.165) is 10.7 Å². The van der Waals surface area contributed by atoms with Gasteiger partial charge in [0, 0.05) is 17.0 Å². The summed E-state index contributed by atoms with van der Waals surface area (Å²) < 4.78 is 5.60. The second-order valence-corrected chi connectivity index (χ2v) is 6.77. The summed E-state index contributed by atoms with van der Waals surface area (Å²) >= 11 is 1.55. The van der Waals surface area contributed by atoms with E-state index in [-0.39, 0.29) is 6.04 Å². The van der Waals surface area contributed by atoms with E-state index < -0.39 is 17.7 Å². The van der Waals surface area contributed by atoms with Gasteiger partial charge in [-0.3, -0.25) is 25.2 Å². The van der Waals surface area contributed by atoms with E-state index in [0.29, 0.717) is 17.9 Å². The number of hydrazine groups is 1. The lowest BCUT2D eigenvalue weighted by Gasteiger charge is -2.10. The molecule has 138 valence electrons. The van der Waals surface area contributed by atoms with Crippen LogP contribution in [0.15, 0.2) is 29.6 Å². The van der Waals surface area contributed by atoms with Gasteiger partial charge < -0.3 is 10.1 Å². The van der Waals surface area contributed by atoms with E-state index in [1.54, 1.807) is 49.4 Å². The molecule has 0 bridgehead atoms. The van der Waals surface area contributed by atoms with Crippen molar-refractivity contribution in [3.63, 3.8) is 0 Å². The summed E-state index contributed by atoms with van der Waals surface area (Å²) in [6.45, 7) is 5.72. The number of carbonyl (C=O) groups is 3. The summed E-state index contributed by atoms with van der Waals surface area (Å²) in [5.41, 5.74) is 5.40. The number of nitrogens with zero attached hydrogens (tertiary/aromatic N) is 1. The van der Waals surface area contributed by atoms with Crippen molar-refractivity contribution in [3.8, 4) is 5.75 Å². The second-order valence-electron chi connectivity index (χ2n) is 5.71. The second kappa shape index (κ2) is 8.95. The first kappa shape index (κ1) is 19.4. The maximum Gasteiger partial charge on any atom is 0.327 e. The largest absolute Gasteiger partial charge is 0.487 e. The number of ether oxygens (including phenoxy) is 1. The smallest absolute Gasteiger partial charge is 0.327 e. The quantitative estimate of drug-likeness (QED) is 0.539. The first-order chi connectivity index (χ1) is 12.3. The van der Waals surface area contributed by atoms with Gasteiger partial charge in [0.05, 0.1) is 10.7 Å². The zero-order valence-electron chi connectivity index (χ0n) is 14.7. The molecule has 1 aromatic carbocycles. The molecule has 2 rings (SSSR count). The van der Waals surface area contributed by atoms with Crippen molar-refractivity contribution >= 4 is 29.1 Å². The van der Waals surface area contributed by atoms with Crippen LogP contribution in [0.25, 0.3) is 0 Å². The number of benzene rings is 1. The molecule has 0 atom stereocenters. The van der Waals surface area contributed by atoms with Gasteiger partial charge in [0.1, 0.15) is 12.4 Å². The van der Waals surface area contributed by atoms with Crippen LogP contribution >= 0.6 is 11.3 Å². The van der Waals surface area contributed by atoms with E-state index in [1.807, 2.05) is 12.3 Å². The number of amides is 3. The summed E-state index contributed by atoms with van der Waals surface area (Å²) in [5.74, 6) is -1.71. The molecular formula is C17H20N4O4S. The number of aryl methyl sites for hydroxylation is 1. The predicted molar refractivity (Wildman–Crippen MR) is 96.5 cm³/mol. The van der Waals surface area contributed by atoms with Crippen LogP contribution in [0.1, 0.15) is 34.9 Å². The molecule has 9 heteroatoms. The monoisotopic (exact) mass is 376 g/mol. The summed E-state index contributed by atoms with van der Waals surface area (Å²) in [4.78, 5) is 39.3. The van der Waals surface area contributed by atoms with Gasteiger partial charge in [0.25, 0.3) is 5.91 Å². The third-order valence-electron chi connectivity index (χ3n) is 3.09. The van der Waals surface area contributed by atoms with Crippen molar-refractivity contribution < 1.29 is 19.1 Å². The van der Waals surface area contributed by atoms with Crippen molar-refractivity contribution in [2.24, 2.45) is 0 Å². The van der Waals surface area contributed by atoms with Gasteiger partial charge in [0.2, 0.25) is 0 Å². The van der Waals surface area contributed by atoms with Crippen LogP contribution in [-0.2, 0) is 16.2 Å². The Balaban J connectivity index is 1.82. The maximum absolute atomic E-state index is 12.0. The fraction of sp³-hybridized carbons (Fsp3) is 0.294. The Hall–Kier alpha value is -2.94. The molecule has 3 amide bonds. The molecular weight excluding hydrogens is 356 g/mol. The molecule has 0 saturated carbocycles. The number of hydrogen-bond acceptors (Lipinski definition) is 6. The van der Waals surface area contributed by atoms with Crippen LogP contribution in [0, 0.1) is 6.92 Å². The zero-order valence-corrected chi connectivity index (χ0v) is 15.5. The Labute approximate surface area is 154 Å². The summed E-state index contributed by atoms with van der Waals surface area (Å²) in [6, 6.07) is 6.21. The van der Waals surface area contributed by atoms with E-state index in [9.17, 15) is 14.4 Å². The molecule has 3 N–H and O–H groups in total. The fourth-order valence-corrected chi connectivity index (χ4v) is 2.50. The van der Waals surface area contributed by atoms with Crippen LogP contribution in [-0.4, -0.2) is 28.7 Å². The average molecular weight is 376 g/mol. The van der Waals surface area contributed by atoms with Crippen LogP contribution in [0.5, 0.6) is 5.75 Å². The summed E-state index contributed by atoms with van der Waals surface area (Å²) in [6.07, 6.45) is 0. The molecule has 0 saturated heterocycles. The van der Waals surface area contributed by atoms with E-state index in [4.69, 9.17) is 4.74 Å². The molecule has 0 aliphatic carbocycles. The third kappa shape index (κ3) is 5.85. The fourth-order valence-electron chi connectivity index (χ4n) is 1.90. The molecule has 0 radical (unpaired) electrons. The minimum Gasteiger partial charge on any atom is -0.487 e. The zero-order chi connectivity index (χ0) is 19.1. The Kier molecular flexibility index (Phi) is 6.67. The number of hydrogen-bond donors (Lipinski definition) is 3. The van der Waals surface area contributed by atoms with E-state index in [1.165, 1.54) is 0 Å². The van der Waals surface area contributed by atoms with Crippen LogP contribution in [0.2, 0.25) is 0 Å². The van der Waals surface area contributed by atoms with Crippen molar-refractivity contribution in [2.75, 3.05) is 0 Å². The van der Waals surface area contributed by atoms with Gasteiger partial charge >= 0.3 is 11.8 Å². The molecule has 2 aromatic rings. The van der Waals surface area contributed by atoms with E-state index >= 15 is 0 Å². The molecule has 1 aromatic heterocycles. The molecule has 0 fully saturated rings. The Bertz CT molecular complexity index is 786. The average Bonchev–Trinajstić information content (AvgIpc) is 3.02. The minimum absolute atomic E-state index is 0.176. The first-order valence-electron chi connectivity index (χ1n) is 7.90. The van der Waals surface area contributed by atoms with Crippen molar-refractivity contribution in [1.82, 2.24) is 21.2 Å². The molecule has 1 heterocycles. The van der Waals surface area contributed by atoms with Crippen molar-refractivity contribution in [3.05, 3.63) is 45.9 Å². The van der Waals surface area contributed by atoms with Crippen LogP contribution in [0.4, 0.5) is 0 Å². The summed E-state index contributed by atoms with van der Waals surface area (Å²) in [7, 11) is 0. The van der Waals surface area contributed by atoms with Crippen molar-refractivity contribution in [2.45, 2.75) is 33.4 Å². The number of carbonyl (C=O) groups excluding carboxylic acids is 3. The SMILES string of the molecule is Cc1nc(COc2ccc(C(=O)NNC(=O)C(=O)NC(C)C)cc2)cs1. The molecule has 8 nitrogen and oxygen atoms in total.